The van der Waals surface area contributed by atoms with Crippen LogP contribution in [0.25, 0.3) is 0 Å². The van der Waals surface area contributed by atoms with Gasteiger partial charge in [-0.05, 0) is 69.1 Å². The number of hydrogen-bond donors (Lipinski definition) is 1. The Morgan fingerprint density at radius 2 is 1.73 bits per heavy atom. The second-order valence-corrected chi connectivity index (χ2v) is 7.86. The highest BCUT2D eigenvalue weighted by atomic mass is 19.1. The highest BCUT2D eigenvalue weighted by molar-refractivity contribution is 6.00. The number of aliphatic hydroxyl groups is 1. The van der Waals surface area contributed by atoms with Gasteiger partial charge in [0.2, 0.25) is 0 Å². The molecule has 1 aromatic rings. The molecule has 1 aliphatic carbocycles. The molecule has 0 spiro atoms. The summed E-state index contributed by atoms with van der Waals surface area (Å²) in [5.41, 5.74) is 1.54. The van der Waals surface area contributed by atoms with Crippen molar-refractivity contribution < 1.29 is 14.3 Å². The molecule has 0 aliphatic heterocycles. The van der Waals surface area contributed by atoms with Crippen LogP contribution in [0, 0.1) is 30.5 Å². The third kappa shape index (κ3) is 7.19. The Balaban J connectivity index is 0.000000484. The van der Waals surface area contributed by atoms with Crippen molar-refractivity contribution in [2.24, 2.45) is 17.8 Å². The smallest absolute Gasteiger partial charge is 0.166 e. The van der Waals surface area contributed by atoms with Crippen LogP contribution < -0.4 is 0 Å². The third-order valence-electron chi connectivity index (χ3n) is 5.08. The summed E-state index contributed by atoms with van der Waals surface area (Å²) >= 11 is 0. The number of Topliss-reactive ketones (excluding diaryl/α,β-unsaturated/α-hetero) is 1. The molecule has 0 heterocycles. The fourth-order valence-electron chi connectivity index (χ4n) is 2.84. The number of halogens is 1. The van der Waals surface area contributed by atoms with E-state index in [0.29, 0.717) is 17.0 Å². The SMILES string of the molecule is CC.CC(C1CC1)C(C)(C)O.CCc1ccc(F)c(C)c1C(=O)C(C)C. The van der Waals surface area contributed by atoms with Gasteiger partial charge in [-0.1, -0.05) is 47.6 Å². The molecule has 1 saturated carbocycles. The molecule has 0 bridgehead atoms. The first-order valence-corrected chi connectivity index (χ1v) is 10.0. The third-order valence-corrected chi connectivity index (χ3v) is 5.08. The Bertz CT molecular complexity index is 566. The van der Waals surface area contributed by atoms with Gasteiger partial charge in [-0.25, -0.2) is 4.39 Å². The molecule has 2 rings (SSSR count). The Labute approximate surface area is 160 Å². The van der Waals surface area contributed by atoms with E-state index in [1.807, 2.05) is 48.5 Å². The van der Waals surface area contributed by atoms with E-state index in [4.69, 9.17) is 0 Å². The summed E-state index contributed by atoms with van der Waals surface area (Å²) in [6.07, 6.45) is 3.41. The lowest BCUT2D eigenvalue weighted by molar-refractivity contribution is 0.0155. The van der Waals surface area contributed by atoms with Crippen LogP contribution in [0.5, 0.6) is 0 Å². The van der Waals surface area contributed by atoms with Crippen LogP contribution in [-0.4, -0.2) is 16.5 Å². The molecule has 1 aliphatic rings. The van der Waals surface area contributed by atoms with Crippen molar-refractivity contribution in [2.75, 3.05) is 0 Å². The molecular formula is C23H39FO2. The fourth-order valence-corrected chi connectivity index (χ4v) is 2.84. The standard InChI is InChI=1S/C13H17FO.C8H16O.C2H6/c1-5-10-6-7-11(14)9(4)12(10)13(15)8(2)3;1-6(7-4-5-7)8(2,3)9;1-2/h6-8H,5H2,1-4H3;6-7,9H,4-5H2,1-3H3;1-2H3. The zero-order valence-electron chi connectivity index (χ0n) is 18.2. The number of benzene rings is 1. The summed E-state index contributed by atoms with van der Waals surface area (Å²) in [5.74, 6) is 0.943. The summed E-state index contributed by atoms with van der Waals surface area (Å²) in [4.78, 5) is 11.9. The molecule has 150 valence electrons. The molecule has 1 unspecified atom stereocenters. The number of rotatable bonds is 5. The summed E-state index contributed by atoms with van der Waals surface area (Å²) in [6.45, 7) is 17.3. The minimum absolute atomic E-state index is 0.0313. The van der Waals surface area contributed by atoms with E-state index in [-0.39, 0.29) is 17.5 Å². The van der Waals surface area contributed by atoms with Gasteiger partial charge in [-0.15, -0.1) is 0 Å². The second-order valence-electron chi connectivity index (χ2n) is 7.86. The summed E-state index contributed by atoms with van der Waals surface area (Å²) < 4.78 is 13.4. The van der Waals surface area contributed by atoms with Crippen LogP contribution in [0.1, 0.15) is 89.7 Å². The number of carbonyl (C=O) groups excluding carboxylic acids is 1. The maximum Gasteiger partial charge on any atom is 0.166 e. The average Bonchev–Trinajstić information content (AvgIpc) is 3.42. The van der Waals surface area contributed by atoms with Gasteiger partial charge in [-0.2, -0.15) is 0 Å². The van der Waals surface area contributed by atoms with Crippen LogP contribution in [0.3, 0.4) is 0 Å². The van der Waals surface area contributed by atoms with E-state index in [1.54, 1.807) is 13.0 Å². The minimum Gasteiger partial charge on any atom is -0.390 e. The molecule has 3 heteroatoms. The van der Waals surface area contributed by atoms with Gasteiger partial charge in [0.25, 0.3) is 0 Å². The maximum atomic E-state index is 13.4. The second kappa shape index (κ2) is 10.8. The zero-order valence-corrected chi connectivity index (χ0v) is 18.2. The van der Waals surface area contributed by atoms with Gasteiger partial charge < -0.3 is 5.11 Å². The number of ketones is 1. The van der Waals surface area contributed by atoms with E-state index >= 15 is 0 Å². The van der Waals surface area contributed by atoms with Crippen molar-refractivity contribution in [2.45, 2.75) is 87.2 Å². The molecule has 0 radical (unpaired) electrons. The topological polar surface area (TPSA) is 37.3 Å². The van der Waals surface area contributed by atoms with Gasteiger partial charge >= 0.3 is 0 Å². The highest BCUT2D eigenvalue weighted by Gasteiger charge is 2.36. The van der Waals surface area contributed by atoms with Crippen LogP contribution >= 0.6 is 0 Å². The number of aryl methyl sites for hydroxylation is 1. The first-order chi connectivity index (χ1) is 12.0. The largest absolute Gasteiger partial charge is 0.390 e. The molecule has 1 fully saturated rings. The lowest BCUT2D eigenvalue weighted by Crippen LogP contribution is -2.29. The molecule has 26 heavy (non-hydrogen) atoms. The molecule has 2 nitrogen and oxygen atoms in total. The maximum absolute atomic E-state index is 13.4. The molecular weight excluding hydrogens is 327 g/mol. The van der Waals surface area contributed by atoms with Crippen molar-refractivity contribution in [3.05, 3.63) is 34.6 Å². The molecule has 1 aromatic carbocycles. The van der Waals surface area contributed by atoms with Crippen molar-refractivity contribution in [1.29, 1.82) is 0 Å². The van der Waals surface area contributed by atoms with Crippen LogP contribution in [0.4, 0.5) is 4.39 Å². The van der Waals surface area contributed by atoms with Crippen LogP contribution in [0.15, 0.2) is 12.1 Å². The average molecular weight is 367 g/mol. The lowest BCUT2D eigenvalue weighted by Gasteiger charge is -2.25. The zero-order chi connectivity index (χ0) is 20.7. The quantitative estimate of drug-likeness (QED) is 0.615. The first-order valence-electron chi connectivity index (χ1n) is 10.0. The fraction of sp³-hybridized carbons (Fsp3) is 0.696. The Kier molecular flexibility index (Phi) is 10.3. The monoisotopic (exact) mass is 366 g/mol. The Hall–Kier alpha value is -1.22. The minimum atomic E-state index is -0.457. The summed E-state index contributed by atoms with van der Waals surface area (Å²) in [6, 6.07) is 3.14. The molecule has 1 N–H and O–H groups in total. The van der Waals surface area contributed by atoms with E-state index in [1.165, 1.54) is 18.9 Å². The number of carbonyl (C=O) groups is 1. The van der Waals surface area contributed by atoms with Crippen molar-refractivity contribution in [3.8, 4) is 0 Å². The van der Waals surface area contributed by atoms with Crippen molar-refractivity contribution >= 4 is 5.78 Å². The van der Waals surface area contributed by atoms with Gasteiger partial charge in [0.1, 0.15) is 5.82 Å². The predicted octanol–water partition coefficient (Wildman–Crippen LogP) is 6.36. The summed E-state index contributed by atoms with van der Waals surface area (Å²) in [5, 5.41) is 9.50. The van der Waals surface area contributed by atoms with Crippen molar-refractivity contribution in [3.63, 3.8) is 0 Å². The molecule has 0 amide bonds. The first kappa shape index (κ1) is 24.8. The van der Waals surface area contributed by atoms with Crippen LogP contribution in [-0.2, 0) is 6.42 Å². The predicted molar refractivity (Wildman–Crippen MR) is 109 cm³/mol. The van der Waals surface area contributed by atoms with E-state index in [9.17, 15) is 14.3 Å². The van der Waals surface area contributed by atoms with Crippen LogP contribution in [0.2, 0.25) is 0 Å². The van der Waals surface area contributed by atoms with Gasteiger partial charge in [0, 0.05) is 11.5 Å². The highest BCUT2D eigenvalue weighted by Crippen LogP contribution is 2.41. The normalized spacial score (nSPS) is 14.8. The van der Waals surface area contributed by atoms with Gasteiger partial charge in [0.05, 0.1) is 5.60 Å². The Morgan fingerprint density at radius 1 is 1.23 bits per heavy atom. The molecule has 0 saturated heterocycles. The van der Waals surface area contributed by atoms with Gasteiger partial charge in [0.15, 0.2) is 5.78 Å². The van der Waals surface area contributed by atoms with E-state index in [0.717, 1.165) is 17.9 Å². The summed E-state index contributed by atoms with van der Waals surface area (Å²) in [7, 11) is 0. The van der Waals surface area contributed by atoms with E-state index in [2.05, 4.69) is 6.92 Å². The number of hydrogen-bond acceptors (Lipinski definition) is 2. The van der Waals surface area contributed by atoms with E-state index < -0.39 is 5.60 Å². The van der Waals surface area contributed by atoms with Gasteiger partial charge in [-0.3, -0.25) is 4.79 Å². The molecule has 0 aromatic heterocycles. The Morgan fingerprint density at radius 3 is 2.04 bits per heavy atom. The van der Waals surface area contributed by atoms with Crippen molar-refractivity contribution in [1.82, 2.24) is 0 Å². The lowest BCUT2D eigenvalue weighted by atomic mass is 9.89. The molecule has 1 atom stereocenters.